The van der Waals surface area contributed by atoms with E-state index < -0.39 is 10.1 Å². The van der Waals surface area contributed by atoms with Crippen molar-refractivity contribution in [2.75, 3.05) is 13.7 Å². The molecule has 2 aromatic carbocycles. The molecule has 0 atom stereocenters. The summed E-state index contributed by atoms with van der Waals surface area (Å²) < 4.78 is 36.8. The Morgan fingerprint density at radius 2 is 1.90 bits per heavy atom. The summed E-state index contributed by atoms with van der Waals surface area (Å²) in [5.41, 5.74) is 1.30. The number of aryl methyl sites for hydroxylation is 1. The number of ether oxygens (including phenoxy) is 1. The maximum Gasteiger partial charge on any atom is 0.339 e. The van der Waals surface area contributed by atoms with Gasteiger partial charge in [0, 0.05) is 12.1 Å². The minimum Gasteiger partial charge on any atom is -0.493 e. The van der Waals surface area contributed by atoms with Crippen LogP contribution in [0, 0.1) is 6.92 Å². The number of hydrogen-bond acceptors (Lipinski definition) is 7. The Hall–Kier alpha value is -2.62. The highest BCUT2D eigenvalue weighted by atomic mass is 32.2. The molecule has 1 heterocycles. The minimum absolute atomic E-state index is 0.00503. The molecule has 1 aliphatic heterocycles. The van der Waals surface area contributed by atoms with Crippen LogP contribution in [-0.4, -0.2) is 37.2 Å². The quantitative estimate of drug-likeness (QED) is 0.265. The summed E-state index contributed by atoms with van der Waals surface area (Å²) in [6.45, 7) is 5.78. The fraction of sp³-hybridized carbons (Fsp3) is 0.143. The third kappa shape index (κ3) is 4.58. The molecular formula is C21H19NO5S3. The molecule has 156 valence electrons. The lowest BCUT2D eigenvalue weighted by atomic mass is 10.1. The van der Waals surface area contributed by atoms with Crippen LogP contribution in [0.15, 0.2) is 64.9 Å². The number of carbonyl (C=O) groups excluding carboxylic acids is 1. The lowest BCUT2D eigenvalue weighted by molar-refractivity contribution is -0.121. The van der Waals surface area contributed by atoms with Crippen molar-refractivity contribution in [1.82, 2.24) is 4.90 Å². The number of hydrogen-bond donors (Lipinski definition) is 0. The van der Waals surface area contributed by atoms with E-state index in [1.54, 1.807) is 42.5 Å². The summed E-state index contributed by atoms with van der Waals surface area (Å²) in [4.78, 5) is 14.4. The van der Waals surface area contributed by atoms with Gasteiger partial charge in [-0.05, 0) is 31.2 Å². The van der Waals surface area contributed by atoms with Crippen molar-refractivity contribution in [2.45, 2.75) is 11.8 Å². The minimum atomic E-state index is -4.11. The average Bonchev–Trinajstić information content (AvgIpc) is 2.97. The first-order valence-electron chi connectivity index (χ1n) is 8.81. The number of nitrogens with zero attached hydrogens (tertiary/aromatic N) is 1. The van der Waals surface area contributed by atoms with Crippen LogP contribution in [-0.2, 0) is 14.9 Å². The zero-order valence-corrected chi connectivity index (χ0v) is 18.8. The number of thiocarbonyl (C=S) groups is 1. The van der Waals surface area contributed by atoms with E-state index in [2.05, 4.69) is 6.58 Å². The van der Waals surface area contributed by atoms with Crippen molar-refractivity contribution in [1.29, 1.82) is 0 Å². The zero-order chi connectivity index (χ0) is 21.9. The highest BCUT2D eigenvalue weighted by Crippen LogP contribution is 2.38. The second-order valence-corrected chi connectivity index (χ2v) is 9.53. The smallest absolute Gasteiger partial charge is 0.339 e. The van der Waals surface area contributed by atoms with E-state index in [4.69, 9.17) is 21.1 Å². The molecule has 0 aromatic heterocycles. The van der Waals surface area contributed by atoms with Gasteiger partial charge in [-0.15, -0.1) is 6.58 Å². The molecule has 1 aliphatic rings. The molecule has 0 unspecified atom stereocenters. The van der Waals surface area contributed by atoms with E-state index in [9.17, 15) is 13.2 Å². The number of amides is 1. The van der Waals surface area contributed by atoms with Gasteiger partial charge < -0.3 is 8.92 Å². The third-order valence-corrected chi connectivity index (χ3v) is 6.82. The Morgan fingerprint density at radius 3 is 2.53 bits per heavy atom. The lowest BCUT2D eigenvalue weighted by Crippen LogP contribution is -2.27. The number of carbonyl (C=O) groups is 1. The van der Waals surface area contributed by atoms with Crippen LogP contribution in [0.5, 0.6) is 11.5 Å². The van der Waals surface area contributed by atoms with Crippen LogP contribution < -0.4 is 8.92 Å². The maximum absolute atomic E-state index is 12.8. The molecule has 0 saturated carbocycles. The summed E-state index contributed by atoms with van der Waals surface area (Å²) in [6, 6.07) is 11.2. The van der Waals surface area contributed by atoms with Crippen molar-refractivity contribution in [3.05, 3.63) is 71.2 Å². The van der Waals surface area contributed by atoms with Gasteiger partial charge in [-0.3, -0.25) is 9.69 Å². The summed E-state index contributed by atoms with van der Waals surface area (Å²) in [7, 11) is -2.70. The Bertz CT molecular complexity index is 1140. The van der Waals surface area contributed by atoms with Crippen LogP contribution in [0.4, 0.5) is 0 Å². The molecule has 0 radical (unpaired) electrons. The van der Waals surface area contributed by atoms with Crippen LogP contribution in [0.1, 0.15) is 11.1 Å². The molecule has 9 heteroatoms. The van der Waals surface area contributed by atoms with E-state index in [-0.39, 0.29) is 22.3 Å². The SMILES string of the molecule is C=CCN1C(=O)/C(=C\c2cccc(OC)c2OS(=O)(=O)c2ccc(C)cc2)SC1=S. The maximum atomic E-state index is 12.8. The molecule has 2 aromatic rings. The first-order valence-corrected chi connectivity index (χ1v) is 11.4. The summed E-state index contributed by atoms with van der Waals surface area (Å²) in [5.74, 6) is -0.0596. The van der Waals surface area contributed by atoms with Gasteiger partial charge in [0.2, 0.25) is 0 Å². The van der Waals surface area contributed by atoms with Crippen LogP contribution in [0.3, 0.4) is 0 Å². The molecule has 30 heavy (non-hydrogen) atoms. The van der Waals surface area contributed by atoms with Crippen LogP contribution in [0.25, 0.3) is 6.08 Å². The highest BCUT2D eigenvalue weighted by Gasteiger charge is 2.31. The standard InChI is InChI=1S/C21H19NO5S3/c1-4-12-22-20(23)18(29-21(22)28)13-15-6-5-7-17(26-3)19(15)27-30(24,25)16-10-8-14(2)9-11-16/h4-11,13H,1,12H2,2-3H3/b18-13+. The summed E-state index contributed by atoms with van der Waals surface area (Å²) in [5, 5.41) is 0. The zero-order valence-electron chi connectivity index (χ0n) is 16.3. The Balaban J connectivity index is 2.02. The lowest BCUT2D eigenvalue weighted by Gasteiger charge is -2.14. The van der Waals surface area contributed by atoms with Gasteiger partial charge in [0.25, 0.3) is 5.91 Å². The van der Waals surface area contributed by atoms with E-state index in [1.807, 2.05) is 6.92 Å². The second kappa shape index (κ2) is 9.03. The number of methoxy groups -OCH3 is 1. The predicted molar refractivity (Wildman–Crippen MR) is 122 cm³/mol. The first kappa shape index (κ1) is 22.1. The van der Waals surface area contributed by atoms with Gasteiger partial charge in [-0.1, -0.05) is 59.9 Å². The number of thioether (sulfide) groups is 1. The highest BCUT2D eigenvalue weighted by molar-refractivity contribution is 8.26. The molecule has 1 amide bonds. The fourth-order valence-electron chi connectivity index (χ4n) is 2.69. The van der Waals surface area contributed by atoms with Gasteiger partial charge in [-0.25, -0.2) is 0 Å². The van der Waals surface area contributed by atoms with Crippen molar-refractivity contribution < 1.29 is 22.1 Å². The van der Waals surface area contributed by atoms with Crippen molar-refractivity contribution in [2.24, 2.45) is 0 Å². The van der Waals surface area contributed by atoms with Gasteiger partial charge in [0.05, 0.1) is 12.0 Å². The molecule has 3 rings (SSSR count). The second-order valence-electron chi connectivity index (χ2n) is 6.31. The number of benzene rings is 2. The number of rotatable bonds is 7. The van der Waals surface area contributed by atoms with Gasteiger partial charge >= 0.3 is 10.1 Å². The molecule has 0 N–H and O–H groups in total. The molecule has 0 spiro atoms. The van der Waals surface area contributed by atoms with Gasteiger partial charge in [0.15, 0.2) is 11.5 Å². The first-order chi connectivity index (χ1) is 14.3. The van der Waals surface area contributed by atoms with Crippen molar-refractivity contribution >= 4 is 50.4 Å². The normalized spacial score (nSPS) is 15.5. The Kier molecular flexibility index (Phi) is 6.64. The largest absolute Gasteiger partial charge is 0.493 e. The van der Waals surface area contributed by atoms with Crippen molar-refractivity contribution in [3.63, 3.8) is 0 Å². The molecule has 1 saturated heterocycles. The molecule has 0 bridgehead atoms. The van der Waals surface area contributed by atoms with Gasteiger partial charge in [-0.2, -0.15) is 8.42 Å². The van der Waals surface area contributed by atoms with E-state index in [1.165, 1.54) is 24.1 Å². The molecular weight excluding hydrogens is 442 g/mol. The van der Waals surface area contributed by atoms with Crippen LogP contribution in [0.2, 0.25) is 0 Å². The topological polar surface area (TPSA) is 72.9 Å². The fourth-order valence-corrected chi connectivity index (χ4v) is 4.92. The van der Waals surface area contributed by atoms with Crippen LogP contribution >= 0.6 is 24.0 Å². The van der Waals surface area contributed by atoms with E-state index in [0.717, 1.165) is 17.3 Å². The molecule has 0 aliphatic carbocycles. The Labute approximate surface area is 185 Å². The average molecular weight is 462 g/mol. The third-order valence-electron chi connectivity index (χ3n) is 4.20. The summed E-state index contributed by atoms with van der Waals surface area (Å²) in [6.07, 6.45) is 3.13. The molecule has 1 fully saturated rings. The molecule has 6 nitrogen and oxygen atoms in total. The predicted octanol–water partition coefficient (Wildman–Crippen LogP) is 4.16. The van der Waals surface area contributed by atoms with Gasteiger partial charge in [0.1, 0.15) is 9.22 Å². The number of para-hydroxylation sites is 1. The summed E-state index contributed by atoms with van der Waals surface area (Å²) >= 11 is 6.38. The van der Waals surface area contributed by atoms with E-state index >= 15 is 0 Å². The Morgan fingerprint density at radius 1 is 1.20 bits per heavy atom. The monoisotopic (exact) mass is 461 g/mol. The van der Waals surface area contributed by atoms with E-state index in [0.29, 0.717) is 21.3 Å². The van der Waals surface area contributed by atoms with Crippen molar-refractivity contribution in [3.8, 4) is 11.5 Å².